The van der Waals surface area contributed by atoms with Crippen LogP contribution in [0.4, 0.5) is 5.69 Å². The first kappa shape index (κ1) is 12.1. The number of carboxylic acid groups (broad SMARTS) is 1. The molecule has 0 aliphatic heterocycles. The van der Waals surface area contributed by atoms with E-state index in [2.05, 4.69) is 9.97 Å². The summed E-state index contributed by atoms with van der Waals surface area (Å²) in [6.07, 6.45) is 5.18. The van der Waals surface area contributed by atoms with E-state index in [4.69, 9.17) is 5.11 Å². The minimum Gasteiger partial charge on any atom is -0.477 e. The fraction of sp³-hybridized carbons (Fsp3) is 0.250. The molecule has 0 radical (unpaired) electrons. The molecule has 2 heterocycles. The van der Waals surface area contributed by atoms with Crippen molar-refractivity contribution in [1.29, 1.82) is 0 Å². The molecule has 1 N–H and O–H groups in total. The zero-order valence-corrected chi connectivity index (χ0v) is 10.2. The Hall–Kier alpha value is -2.37. The van der Waals surface area contributed by atoms with Crippen LogP contribution in [-0.2, 0) is 13.6 Å². The second-order valence-electron chi connectivity index (χ2n) is 4.02. The van der Waals surface area contributed by atoms with Gasteiger partial charge in [-0.1, -0.05) is 0 Å². The highest BCUT2D eigenvalue weighted by molar-refractivity contribution is 5.85. The summed E-state index contributed by atoms with van der Waals surface area (Å²) in [7, 11) is 3.84. The third-order valence-corrected chi connectivity index (χ3v) is 2.71. The van der Waals surface area contributed by atoms with Crippen LogP contribution in [-0.4, -0.2) is 32.7 Å². The van der Waals surface area contributed by atoms with Crippen LogP contribution in [0.25, 0.3) is 0 Å². The van der Waals surface area contributed by atoms with Gasteiger partial charge in [0.25, 0.3) is 0 Å². The zero-order chi connectivity index (χ0) is 13.1. The van der Waals surface area contributed by atoms with E-state index in [0.29, 0.717) is 6.54 Å². The molecule has 94 valence electrons. The van der Waals surface area contributed by atoms with Crippen LogP contribution in [0.2, 0.25) is 0 Å². The van der Waals surface area contributed by atoms with E-state index >= 15 is 0 Å². The molecule has 0 atom stereocenters. The van der Waals surface area contributed by atoms with E-state index in [-0.39, 0.29) is 5.69 Å². The SMILES string of the molecule is CN(Cc1nccn1C)c1ccc(C(=O)O)nc1. The summed E-state index contributed by atoms with van der Waals surface area (Å²) in [5.41, 5.74) is 0.896. The number of carboxylic acids is 1. The first-order valence-corrected chi connectivity index (χ1v) is 5.44. The van der Waals surface area contributed by atoms with Gasteiger partial charge in [-0.25, -0.2) is 14.8 Å². The maximum atomic E-state index is 10.7. The first-order valence-electron chi connectivity index (χ1n) is 5.44. The van der Waals surface area contributed by atoms with Gasteiger partial charge in [0.1, 0.15) is 11.5 Å². The van der Waals surface area contributed by atoms with Crippen molar-refractivity contribution < 1.29 is 9.90 Å². The van der Waals surface area contributed by atoms with E-state index in [1.54, 1.807) is 18.5 Å². The predicted octanol–water partition coefficient (Wildman–Crippen LogP) is 1.15. The van der Waals surface area contributed by atoms with Gasteiger partial charge in [-0.15, -0.1) is 0 Å². The number of rotatable bonds is 4. The van der Waals surface area contributed by atoms with Crippen LogP contribution in [0, 0.1) is 0 Å². The third-order valence-electron chi connectivity index (χ3n) is 2.71. The van der Waals surface area contributed by atoms with Gasteiger partial charge in [0.2, 0.25) is 0 Å². The van der Waals surface area contributed by atoms with E-state index in [1.165, 1.54) is 6.07 Å². The molecule has 0 bridgehead atoms. The number of aryl methyl sites for hydroxylation is 1. The minimum atomic E-state index is -1.02. The molecular weight excluding hydrogens is 232 g/mol. The number of nitrogens with zero attached hydrogens (tertiary/aromatic N) is 4. The molecule has 0 aliphatic rings. The molecule has 0 saturated carbocycles. The summed E-state index contributed by atoms with van der Waals surface area (Å²) in [5, 5.41) is 8.77. The van der Waals surface area contributed by atoms with E-state index in [1.807, 2.05) is 29.8 Å². The number of hydrogen-bond acceptors (Lipinski definition) is 4. The lowest BCUT2D eigenvalue weighted by Crippen LogP contribution is -2.19. The fourth-order valence-corrected chi connectivity index (χ4v) is 1.59. The first-order chi connectivity index (χ1) is 8.58. The number of imidazole rings is 1. The van der Waals surface area contributed by atoms with Crippen LogP contribution < -0.4 is 4.90 Å². The minimum absolute atomic E-state index is 0.0455. The molecule has 6 heteroatoms. The van der Waals surface area contributed by atoms with Crippen molar-refractivity contribution in [3.05, 3.63) is 42.2 Å². The Morgan fingerprint density at radius 2 is 2.22 bits per heavy atom. The van der Waals surface area contributed by atoms with Gasteiger partial charge in [0, 0.05) is 26.5 Å². The smallest absolute Gasteiger partial charge is 0.354 e. The molecule has 2 rings (SSSR count). The number of aromatic nitrogens is 3. The van der Waals surface area contributed by atoms with Crippen molar-refractivity contribution in [3.8, 4) is 0 Å². The average molecular weight is 246 g/mol. The summed E-state index contributed by atoms with van der Waals surface area (Å²) in [5.74, 6) is -0.0897. The Morgan fingerprint density at radius 1 is 1.44 bits per heavy atom. The Balaban J connectivity index is 2.12. The lowest BCUT2D eigenvalue weighted by molar-refractivity contribution is 0.0690. The molecule has 0 spiro atoms. The molecule has 18 heavy (non-hydrogen) atoms. The summed E-state index contributed by atoms with van der Waals surface area (Å²) in [4.78, 5) is 20.8. The lowest BCUT2D eigenvalue weighted by atomic mass is 10.3. The summed E-state index contributed by atoms with van der Waals surface area (Å²) in [6, 6.07) is 3.23. The molecule has 0 saturated heterocycles. The monoisotopic (exact) mass is 246 g/mol. The van der Waals surface area contributed by atoms with Gasteiger partial charge < -0.3 is 14.6 Å². The second kappa shape index (κ2) is 4.87. The fourth-order valence-electron chi connectivity index (χ4n) is 1.59. The number of aromatic carboxylic acids is 1. The largest absolute Gasteiger partial charge is 0.477 e. The van der Waals surface area contributed by atoms with Gasteiger partial charge in [-0.05, 0) is 12.1 Å². The van der Waals surface area contributed by atoms with Crippen molar-refractivity contribution in [1.82, 2.24) is 14.5 Å². The highest BCUT2D eigenvalue weighted by Gasteiger charge is 2.08. The summed E-state index contributed by atoms with van der Waals surface area (Å²) in [6.45, 7) is 0.637. The van der Waals surface area contributed by atoms with Crippen LogP contribution in [0.1, 0.15) is 16.3 Å². The molecule has 6 nitrogen and oxygen atoms in total. The highest BCUT2D eigenvalue weighted by Crippen LogP contribution is 2.13. The summed E-state index contributed by atoms with van der Waals surface area (Å²) < 4.78 is 1.94. The highest BCUT2D eigenvalue weighted by atomic mass is 16.4. The third kappa shape index (κ3) is 2.48. The van der Waals surface area contributed by atoms with Crippen LogP contribution >= 0.6 is 0 Å². The maximum absolute atomic E-state index is 10.7. The van der Waals surface area contributed by atoms with E-state index < -0.39 is 5.97 Å². The zero-order valence-electron chi connectivity index (χ0n) is 10.2. The van der Waals surface area contributed by atoms with Crippen molar-refractivity contribution in [2.24, 2.45) is 7.05 Å². The Morgan fingerprint density at radius 3 is 2.72 bits per heavy atom. The molecule has 2 aromatic heterocycles. The number of pyridine rings is 1. The predicted molar refractivity (Wildman–Crippen MR) is 66.5 cm³/mol. The molecule has 0 unspecified atom stereocenters. The number of carbonyl (C=O) groups is 1. The Labute approximate surface area is 105 Å². The van der Waals surface area contributed by atoms with Gasteiger partial charge in [-0.3, -0.25) is 0 Å². The van der Waals surface area contributed by atoms with E-state index in [9.17, 15) is 4.79 Å². The quantitative estimate of drug-likeness (QED) is 0.876. The molecule has 0 fully saturated rings. The Kier molecular flexibility index (Phi) is 3.27. The average Bonchev–Trinajstić information content (AvgIpc) is 2.75. The second-order valence-corrected chi connectivity index (χ2v) is 4.02. The molecule has 2 aromatic rings. The summed E-state index contributed by atoms with van der Waals surface area (Å²) >= 11 is 0. The molecular formula is C12H14N4O2. The van der Waals surface area contributed by atoms with Gasteiger partial charge >= 0.3 is 5.97 Å². The van der Waals surface area contributed by atoms with Crippen molar-refractivity contribution in [2.45, 2.75) is 6.54 Å². The lowest BCUT2D eigenvalue weighted by Gasteiger charge is -2.18. The van der Waals surface area contributed by atoms with Crippen LogP contribution in [0.15, 0.2) is 30.7 Å². The standard InChI is InChI=1S/C12H14N4O2/c1-15-6-5-13-11(15)8-16(2)9-3-4-10(12(17)18)14-7-9/h3-7H,8H2,1-2H3,(H,17,18). The van der Waals surface area contributed by atoms with Gasteiger partial charge in [0.15, 0.2) is 0 Å². The molecule has 0 aliphatic carbocycles. The van der Waals surface area contributed by atoms with E-state index in [0.717, 1.165) is 11.5 Å². The molecule has 0 aromatic carbocycles. The van der Waals surface area contributed by atoms with Gasteiger partial charge in [-0.2, -0.15) is 0 Å². The van der Waals surface area contributed by atoms with Crippen molar-refractivity contribution in [2.75, 3.05) is 11.9 Å². The van der Waals surface area contributed by atoms with Crippen molar-refractivity contribution >= 4 is 11.7 Å². The van der Waals surface area contributed by atoms with Crippen LogP contribution in [0.3, 0.4) is 0 Å². The topological polar surface area (TPSA) is 71.2 Å². The van der Waals surface area contributed by atoms with Crippen molar-refractivity contribution in [3.63, 3.8) is 0 Å². The maximum Gasteiger partial charge on any atom is 0.354 e. The number of hydrogen-bond donors (Lipinski definition) is 1. The Bertz CT molecular complexity index is 547. The number of anilines is 1. The van der Waals surface area contributed by atoms with Crippen LogP contribution in [0.5, 0.6) is 0 Å². The normalized spacial score (nSPS) is 10.3. The van der Waals surface area contributed by atoms with Gasteiger partial charge in [0.05, 0.1) is 18.4 Å². The molecule has 0 amide bonds.